The van der Waals surface area contributed by atoms with Gasteiger partial charge in [-0.2, -0.15) is 0 Å². The van der Waals surface area contributed by atoms with Gasteiger partial charge in [0.15, 0.2) is 5.82 Å². The summed E-state index contributed by atoms with van der Waals surface area (Å²) < 4.78 is 2.17. The molecule has 4 nitrogen and oxygen atoms in total. The van der Waals surface area contributed by atoms with Gasteiger partial charge >= 0.3 is 0 Å². The lowest BCUT2D eigenvalue weighted by Gasteiger charge is -2.07. The molecule has 1 heterocycles. The van der Waals surface area contributed by atoms with Crippen molar-refractivity contribution in [2.45, 2.75) is 70.9 Å². The number of aryl methyl sites for hydroxylation is 1. The molecule has 0 bridgehead atoms. The lowest BCUT2D eigenvalue weighted by molar-refractivity contribution is 0.264. The minimum atomic E-state index is 0.0132. The van der Waals surface area contributed by atoms with Crippen LogP contribution in [-0.2, 0) is 13.0 Å². The fourth-order valence-corrected chi connectivity index (χ4v) is 2.28. The van der Waals surface area contributed by atoms with Crippen molar-refractivity contribution in [3.63, 3.8) is 0 Å². The largest absolute Gasteiger partial charge is 0.388 e. The lowest BCUT2D eigenvalue weighted by Crippen LogP contribution is -2.06. The zero-order chi connectivity index (χ0) is 12.1. The van der Waals surface area contributed by atoms with E-state index in [1.54, 1.807) is 0 Å². The van der Waals surface area contributed by atoms with Crippen molar-refractivity contribution in [2.24, 2.45) is 0 Å². The van der Waals surface area contributed by atoms with E-state index in [-0.39, 0.29) is 6.61 Å². The Bertz CT molecular complexity index is 344. The maximum atomic E-state index is 9.23. The summed E-state index contributed by atoms with van der Waals surface area (Å²) in [6.07, 6.45) is 9.84. The predicted molar refractivity (Wildman–Crippen MR) is 66.7 cm³/mol. The Morgan fingerprint density at radius 3 is 2.47 bits per heavy atom. The molecule has 17 heavy (non-hydrogen) atoms. The van der Waals surface area contributed by atoms with Crippen LogP contribution >= 0.6 is 0 Å². The summed E-state index contributed by atoms with van der Waals surface area (Å²) >= 11 is 0. The molecule has 2 rings (SSSR count). The Labute approximate surface area is 103 Å². The molecule has 0 spiro atoms. The minimum Gasteiger partial charge on any atom is -0.388 e. The fourth-order valence-electron chi connectivity index (χ4n) is 2.28. The molecule has 1 aliphatic rings. The first-order valence-electron chi connectivity index (χ1n) is 6.90. The molecule has 0 aromatic carbocycles. The second-order valence-electron chi connectivity index (χ2n) is 4.96. The molecule has 1 fully saturated rings. The standard InChI is InChI=1S/C13H23N3O/c1-2-3-4-5-6-7-12-14-15-13(10-17)16(12)11-8-9-11/h11,17H,2-10H2,1H3. The van der Waals surface area contributed by atoms with E-state index >= 15 is 0 Å². The van der Waals surface area contributed by atoms with Gasteiger partial charge in [-0.25, -0.2) is 0 Å². The van der Waals surface area contributed by atoms with E-state index < -0.39 is 0 Å². The maximum Gasteiger partial charge on any atom is 0.159 e. The normalized spacial score (nSPS) is 15.4. The van der Waals surface area contributed by atoms with E-state index in [2.05, 4.69) is 21.7 Å². The average molecular weight is 237 g/mol. The molecule has 96 valence electrons. The number of hydrogen-bond donors (Lipinski definition) is 1. The van der Waals surface area contributed by atoms with E-state index in [0.717, 1.165) is 18.1 Å². The maximum absolute atomic E-state index is 9.23. The summed E-state index contributed by atoms with van der Waals surface area (Å²) in [6, 6.07) is 0.567. The molecule has 0 unspecified atom stereocenters. The number of aliphatic hydroxyl groups is 1. The van der Waals surface area contributed by atoms with Crippen molar-refractivity contribution in [3.8, 4) is 0 Å². The number of rotatable bonds is 8. The molecule has 0 amide bonds. The number of hydrogen-bond acceptors (Lipinski definition) is 3. The number of aromatic nitrogens is 3. The van der Waals surface area contributed by atoms with Crippen LogP contribution in [-0.4, -0.2) is 19.9 Å². The van der Waals surface area contributed by atoms with Crippen molar-refractivity contribution in [1.82, 2.24) is 14.8 Å². The van der Waals surface area contributed by atoms with E-state index in [4.69, 9.17) is 0 Å². The zero-order valence-electron chi connectivity index (χ0n) is 10.7. The van der Waals surface area contributed by atoms with Crippen molar-refractivity contribution in [3.05, 3.63) is 11.6 Å². The molecule has 0 radical (unpaired) electrons. The number of nitrogens with zero attached hydrogens (tertiary/aromatic N) is 3. The van der Waals surface area contributed by atoms with Crippen molar-refractivity contribution < 1.29 is 5.11 Å². The molecule has 4 heteroatoms. The van der Waals surface area contributed by atoms with Crippen LogP contribution in [0.5, 0.6) is 0 Å². The van der Waals surface area contributed by atoms with Gasteiger partial charge in [-0.05, 0) is 19.3 Å². The van der Waals surface area contributed by atoms with Gasteiger partial charge in [0.1, 0.15) is 12.4 Å². The van der Waals surface area contributed by atoms with Crippen LogP contribution < -0.4 is 0 Å². The molecule has 1 saturated carbocycles. The Morgan fingerprint density at radius 1 is 1.12 bits per heavy atom. The van der Waals surface area contributed by atoms with Crippen molar-refractivity contribution in [2.75, 3.05) is 0 Å². The summed E-state index contributed by atoms with van der Waals surface area (Å²) in [5.74, 6) is 1.82. The Morgan fingerprint density at radius 2 is 1.82 bits per heavy atom. The average Bonchev–Trinajstić information content (AvgIpc) is 3.10. The second-order valence-corrected chi connectivity index (χ2v) is 4.96. The van der Waals surface area contributed by atoms with Crippen LogP contribution in [0.2, 0.25) is 0 Å². The van der Waals surface area contributed by atoms with Crippen LogP contribution in [0.15, 0.2) is 0 Å². The van der Waals surface area contributed by atoms with Gasteiger partial charge in [-0.3, -0.25) is 0 Å². The van der Waals surface area contributed by atoms with Gasteiger partial charge in [-0.15, -0.1) is 10.2 Å². The highest BCUT2D eigenvalue weighted by atomic mass is 16.3. The highest BCUT2D eigenvalue weighted by Gasteiger charge is 2.28. The summed E-state index contributed by atoms with van der Waals surface area (Å²) in [6.45, 7) is 2.25. The second kappa shape index (κ2) is 6.15. The van der Waals surface area contributed by atoms with Gasteiger partial charge < -0.3 is 9.67 Å². The zero-order valence-corrected chi connectivity index (χ0v) is 10.7. The van der Waals surface area contributed by atoms with E-state index in [0.29, 0.717) is 6.04 Å². The van der Waals surface area contributed by atoms with E-state index in [1.807, 2.05) is 0 Å². The van der Waals surface area contributed by atoms with Gasteiger partial charge in [-0.1, -0.05) is 32.6 Å². The molecule has 1 aromatic heterocycles. The highest BCUT2D eigenvalue weighted by molar-refractivity contribution is 5.02. The molecule has 1 aromatic rings. The van der Waals surface area contributed by atoms with Gasteiger partial charge in [0.25, 0.3) is 0 Å². The molecule has 0 aliphatic heterocycles. The molecule has 1 aliphatic carbocycles. The molecule has 0 saturated heterocycles. The predicted octanol–water partition coefficient (Wildman–Crippen LogP) is 2.62. The van der Waals surface area contributed by atoms with Gasteiger partial charge in [0.2, 0.25) is 0 Å². The number of unbranched alkanes of at least 4 members (excludes halogenated alkanes) is 4. The quantitative estimate of drug-likeness (QED) is 0.707. The lowest BCUT2D eigenvalue weighted by atomic mass is 10.1. The summed E-state index contributed by atoms with van der Waals surface area (Å²) in [5, 5.41) is 17.5. The van der Waals surface area contributed by atoms with E-state index in [9.17, 15) is 5.11 Å². The highest BCUT2D eigenvalue weighted by Crippen LogP contribution is 2.36. The first-order valence-corrected chi connectivity index (χ1v) is 6.90. The smallest absolute Gasteiger partial charge is 0.159 e. The first kappa shape index (κ1) is 12.6. The third-order valence-electron chi connectivity index (χ3n) is 3.39. The van der Waals surface area contributed by atoms with Crippen LogP contribution in [0.1, 0.15) is 69.6 Å². The molecular formula is C13H23N3O. The van der Waals surface area contributed by atoms with Crippen LogP contribution in [0.3, 0.4) is 0 Å². The Hall–Kier alpha value is -0.900. The molecule has 1 N–H and O–H groups in total. The SMILES string of the molecule is CCCCCCCc1nnc(CO)n1C1CC1. The molecular weight excluding hydrogens is 214 g/mol. The van der Waals surface area contributed by atoms with Crippen molar-refractivity contribution >= 4 is 0 Å². The van der Waals surface area contributed by atoms with Crippen LogP contribution in [0.25, 0.3) is 0 Å². The monoisotopic (exact) mass is 237 g/mol. The first-order chi connectivity index (χ1) is 8.36. The van der Waals surface area contributed by atoms with Crippen LogP contribution in [0.4, 0.5) is 0 Å². The minimum absolute atomic E-state index is 0.0132. The fraction of sp³-hybridized carbons (Fsp3) is 0.846. The Balaban J connectivity index is 1.85. The molecule has 0 atom stereocenters. The summed E-state index contributed by atoms with van der Waals surface area (Å²) in [7, 11) is 0. The summed E-state index contributed by atoms with van der Waals surface area (Å²) in [4.78, 5) is 0. The third-order valence-corrected chi connectivity index (χ3v) is 3.39. The Kier molecular flexibility index (Phi) is 4.54. The van der Waals surface area contributed by atoms with Crippen molar-refractivity contribution in [1.29, 1.82) is 0 Å². The van der Waals surface area contributed by atoms with Gasteiger partial charge in [0.05, 0.1) is 0 Å². The number of aliphatic hydroxyl groups excluding tert-OH is 1. The third kappa shape index (κ3) is 3.28. The van der Waals surface area contributed by atoms with Gasteiger partial charge in [0, 0.05) is 12.5 Å². The summed E-state index contributed by atoms with van der Waals surface area (Å²) in [5.41, 5.74) is 0. The van der Waals surface area contributed by atoms with Crippen LogP contribution in [0, 0.1) is 0 Å². The topological polar surface area (TPSA) is 50.9 Å². The van der Waals surface area contributed by atoms with E-state index in [1.165, 1.54) is 44.9 Å².